The molecule has 1 aliphatic heterocycles. The van der Waals surface area contributed by atoms with Crippen molar-refractivity contribution in [3.05, 3.63) is 199 Å². The Bertz CT molecular complexity index is 4080. The Kier molecular flexibility index (Phi) is 6.69. The van der Waals surface area contributed by atoms with Gasteiger partial charge in [0.2, 0.25) is 0 Å². The van der Waals surface area contributed by atoms with Crippen molar-refractivity contribution in [2.75, 3.05) is 0 Å². The van der Waals surface area contributed by atoms with Gasteiger partial charge in [0.15, 0.2) is 0 Å². The zero-order valence-corrected chi connectivity index (χ0v) is 33.7. The van der Waals surface area contributed by atoms with Crippen molar-refractivity contribution in [1.82, 2.24) is 18.2 Å². The van der Waals surface area contributed by atoms with Crippen LogP contribution in [-0.4, -0.2) is 25.0 Å². The Morgan fingerprint density at radius 3 is 1.35 bits per heavy atom. The maximum Gasteiger partial charge on any atom is 0.332 e. The van der Waals surface area contributed by atoms with Crippen LogP contribution in [0, 0.1) is 22.7 Å². The minimum absolute atomic E-state index is 0.394. The van der Waals surface area contributed by atoms with Crippen molar-refractivity contribution in [1.29, 1.82) is 10.5 Å². The first-order chi connectivity index (χ1) is 31.2. The molecule has 6 nitrogen and oxygen atoms in total. The van der Waals surface area contributed by atoms with E-state index < -0.39 is 6.85 Å². The molecule has 0 bridgehead atoms. The summed E-state index contributed by atoms with van der Waals surface area (Å²) in [5, 5.41) is 30.6. The summed E-state index contributed by atoms with van der Waals surface area (Å²) >= 11 is 0. The molecule has 0 N–H and O–H groups in total. The Hall–Kier alpha value is -8.78. The van der Waals surface area contributed by atoms with Crippen LogP contribution in [0.1, 0.15) is 11.1 Å². The SMILES string of the molecule is N#Cc1cccc2c3cccc(C#N)c3n(B3c4ccccc4-n4c5ccc(-n6c7ccccc7c7ccccc76)cc5c5cc(-n6c7ccccc7c7ccccc76)cc3c54)c12. The molecule has 0 radical (unpaired) electrons. The van der Waals surface area contributed by atoms with E-state index in [-0.39, 0.29) is 0 Å². The lowest BCUT2D eigenvalue weighted by atomic mass is 9.48. The molecule has 0 atom stereocenters. The van der Waals surface area contributed by atoms with Crippen LogP contribution in [0.4, 0.5) is 0 Å². The molecule has 14 rings (SSSR count). The number of fused-ring (bicyclic) bond motifs is 14. The highest BCUT2D eigenvalue weighted by atomic mass is 15.0. The first-order valence-corrected chi connectivity index (χ1v) is 21.3. The van der Waals surface area contributed by atoms with E-state index in [0.29, 0.717) is 11.1 Å². The van der Waals surface area contributed by atoms with Crippen molar-refractivity contribution in [3.63, 3.8) is 0 Å². The third-order valence-electron chi connectivity index (χ3n) is 13.6. The van der Waals surface area contributed by atoms with Crippen LogP contribution in [0.3, 0.4) is 0 Å². The molecular weight excluding hydrogens is 767 g/mol. The summed E-state index contributed by atoms with van der Waals surface area (Å²) in [6.45, 7) is -0.394. The van der Waals surface area contributed by atoms with Crippen molar-refractivity contribution >= 4 is 105 Å². The fourth-order valence-electron chi connectivity index (χ4n) is 11.2. The lowest BCUT2D eigenvalue weighted by Gasteiger charge is -2.29. The minimum Gasteiger partial charge on any atom is -0.374 e. The Balaban J connectivity index is 1.18. The fraction of sp³-hybridized carbons (Fsp3) is 0. The summed E-state index contributed by atoms with van der Waals surface area (Å²) < 4.78 is 9.55. The van der Waals surface area contributed by atoms with Gasteiger partial charge in [-0.2, -0.15) is 10.5 Å². The smallest absolute Gasteiger partial charge is 0.332 e. The van der Waals surface area contributed by atoms with Crippen molar-refractivity contribution < 1.29 is 0 Å². The third kappa shape index (κ3) is 4.35. The maximum atomic E-state index is 10.8. The standard InChI is InChI=1S/C56H31BN6/c58-32-34-13-11-19-42-43-20-12-14-35(33-59)55(43)63(54(34)42)57-46-21-5-10-26-53(46)62-52-28-27-36(60-48-22-6-1-15-38(48)39-16-2-7-23-49(39)60)29-44(52)45-30-37(31-47(57)56(45)62)61-50-24-8-3-17-40(50)41-18-4-9-25-51(41)61/h1-31H. The molecule has 0 unspecified atom stereocenters. The predicted molar refractivity (Wildman–Crippen MR) is 259 cm³/mol. The van der Waals surface area contributed by atoms with Crippen molar-refractivity contribution in [3.8, 4) is 29.2 Å². The van der Waals surface area contributed by atoms with Crippen molar-refractivity contribution in [2.24, 2.45) is 0 Å². The Morgan fingerprint density at radius 1 is 0.333 bits per heavy atom. The number of hydrogen-bond acceptors (Lipinski definition) is 2. The molecule has 0 fully saturated rings. The monoisotopic (exact) mass is 798 g/mol. The van der Waals surface area contributed by atoms with Gasteiger partial charge in [-0.05, 0) is 83.7 Å². The second-order valence-electron chi connectivity index (χ2n) is 16.7. The lowest BCUT2D eigenvalue weighted by molar-refractivity contribution is 1.16. The van der Waals surface area contributed by atoms with Gasteiger partial charge in [-0.3, -0.25) is 0 Å². The largest absolute Gasteiger partial charge is 0.374 e. The number of rotatable bonds is 3. The summed E-state index contributed by atoms with van der Waals surface area (Å²) in [4.78, 5) is 0. The second-order valence-corrected chi connectivity index (χ2v) is 16.7. The van der Waals surface area contributed by atoms with E-state index in [1.54, 1.807) is 0 Å². The summed E-state index contributed by atoms with van der Waals surface area (Å²) in [6.07, 6.45) is 0. The molecular formula is C56H31BN6. The van der Waals surface area contributed by atoms with Gasteiger partial charge in [0.25, 0.3) is 0 Å². The predicted octanol–water partition coefficient (Wildman–Crippen LogP) is 11.8. The van der Waals surface area contributed by atoms with E-state index in [1.165, 1.54) is 21.5 Å². The number of para-hydroxylation sites is 7. The van der Waals surface area contributed by atoms with Crippen LogP contribution >= 0.6 is 0 Å². The zero-order valence-electron chi connectivity index (χ0n) is 33.7. The Labute approximate surface area is 360 Å². The second kappa shape index (κ2) is 12.4. The van der Waals surface area contributed by atoms with Gasteiger partial charge in [-0.25, -0.2) is 0 Å². The number of benzene rings is 9. The van der Waals surface area contributed by atoms with Crippen LogP contribution < -0.4 is 10.9 Å². The van der Waals surface area contributed by atoms with Crippen LogP contribution in [-0.2, 0) is 0 Å². The number of aromatic nitrogens is 4. The topological polar surface area (TPSA) is 67.3 Å². The third-order valence-corrected chi connectivity index (χ3v) is 13.6. The average molecular weight is 799 g/mol. The van der Waals surface area contributed by atoms with E-state index in [0.717, 1.165) is 93.7 Å². The maximum absolute atomic E-state index is 10.8. The lowest BCUT2D eigenvalue weighted by Crippen LogP contribution is -2.53. The van der Waals surface area contributed by atoms with Gasteiger partial charge in [0.1, 0.15) is 12.1 Å². The van der Waals surface area contributed by atoms with Crippen LogP contribution in [0.5, 0.6) is 0 Å². The quantitative estimate of drug-likeness (QED) is 0.167. The molecule has 0 spiro atoms. The highest BCUT2D eigenvalue weighted by molar-refractivity contribution is 6.88. The van der Waals surface area contributed by atoms with Crippen LogP contribution in [0.2, 0.25) is 0 Å². The van der Waals surface area contributed by atoms with E-state index >= 15 is 0 Å². The van der Waals surface area contributed by atoms with E-state index in [1.807, 2.05) is 24.3 Å². The first kappa shape index (κ1) is 34.0. The summed E-state index contributed by atoms with van der Waals surface area (Å²) in [6, 6.07) is 72.0. The molecule has 0 saturated heterocycles. The molecule has 7 heteroatoms. The van der Waals surface area contributed by atoms with Gasteiger partial charge in [-0.15, -0.1) is 0 Å². The molecule has 63 heavy (non-hydrogen) atoms. The van der Waals surface area contributed by atoms with E-state index in [2.05, 4.69) is 194 Å². The van der Waals surface area contributed by atoms with Gasteiger partial charge in [0.05, 0.1) is 55.3 Å². The minimum atomic E-state index is -0.394. The molecule has 13 aromatic rings. The summed E-state index contributed by atoms with van der Waals surface area (Å²) in [7, 11) is 0. The zero-order chi connectivity index (χ0) is 41.5. The van der Waals surface area contributed by atoms with E-state index in [4.69, 9.17) is 0 Å². The molecule has 4 aromatic heterocycles. The highest BCUT2D eigenvalue weighted by Gasteiger charge is 2.38. The fourth-order valence-corrected chi connectivity index (χ4v) is 11.2. The molecule has 288 valence electrons. The average Bonchev–Trinajstić information content (AvgIpc) is 4.07. The molecule has 1 aliphatic rings. The summed E-state index contributed by atoms with van der Waals surface area (Å²) in [5.41, 5.74) is 15.0. The van der Waals surface area contributed by atoms with Gasteiger partial charge >= 0.3 is 6.85 Å². The number of nitriles is 2. The summed E-state index contributed by atoms with van der Waals surface area (Å²) in [5.74, 6) is 0. The van der Waals surface area contributed by atoms with Gasteiger partial charge < -0.3 is 18.2 Å². The van der Waals surface area contributed by atoms with Crippen LogP contribution in [0.15, 0.2) is 188 Å². The van der Waals surface area contributed by atoms with Crippen molar-refractivity contribution in [2.45, 2.75) is 0 Å². The van der Waals surface area contributed by atoms with Crippen LogP contribution in [0.25, 0.3) is 104 Å². The van der Waals surface area contributed by atoms with Gasteiger partial charge in [0, 0.05) is 60.2 Å². The highest BCUT2D eigenvalue weighted by Crippen LogP contribution is 2.41. The van der Waals surface area contributed by atoms with Gasteiger partial charge in [-0.1, -0.05) is 115 Å². The van der Waals surface area contributed by atoms with E-state index in [9.17, 15) is 10.5 Å². The number of hydrogen-bond donors (Lipinski definition) is 0. The Morgan fingerprint density at radius 2 is 0.794 bits per heavy atom. The molecule has 0 amide bonds. The molecule has 9 aromatic carbocycles. The number of nitrogens with zero attached hydrogens (tertiary/aromatic N) is 6. The first-order valence-electron chi connectivity index (χ1n) is 21.3. The molecule has 0 saturated carbocycles. The molecule has 0 aliphatic carbocycles. The normalized spacial score (nSPS) is 12.4. The molecule has 5 heterocycles.